The molecular formula is C21H28N2O7. The topological polar surface area (TPSA) is 104 Å². The van der Waals surface area contributed by atoms with Crippen LogP contribution in [0.15, 0.2) is 24.3 Å². The first-order chi connectivity index (χ1) is 14.0. The van der Waals surface area contributed by atoms with Crippen LogP contribution in [0.25, 0.3) is 0 Å². The van der Waals surface area contributed by atoms with Crippen molar-refractivity contribution >= 4 is 17.5 Å². The summed E-state index contributed by atoms with van der Waals surface area (Å²) in [4.78, 5) is 25.2. The first-order valence-corrected chi connectivity index (χ1v) is 10.0. The number of hydrogen-bond donors (Lipinski definition) is 2. The van der Waals surface area contributed by atoms with Gasteiger partial charge in [0.2, 0.25) is 5.91 Å². The van der Waals surface area contributed by atoms with E-state index in [4.69, 9.17) is 23.7 Å². The molecule has 2 amide bonds. The summed E-state index contributed by atoms with van der Waals surface area (Å²) in [5.74, 6) is -2.58. The molecule has 1 aromatic carbocycles. The smallest absolute Gasteiger partial charge is 0.252 e. The predicted octanol–water partition coefficient (Wildman–Crippen LogP) is 1.45. The molecule has 2 N–H and O–H groups in total. The number of carbonyl (C=O) groups is 2. The highest BCUT2D eigenvalue weighted by Gasteiger charge is 2.62. The van der Waals surface area contributed by atoms with E-state index in [2.05, 4.69) is 10.6 Å². The Labute approximate surface area is 175 Å². The molecular weight excluding hydrogens is 392 g/mol. The van der Waals surface area contributed by atoms with Gasteiger partial charge in [-0.2, -0.15) is 0 Å². The monoisotopic (exact) mass is 420 g/mol. The number of aryl methyl sites for hydroxylation is 1. The molecule has 3 fully saturated rings. The lowest BCUT2D eigenvalue weighted by Crippen LogP contribution is -2.59. The van der Waals surface area contributed by atoms with E-state index in [1.807, 2.05) is 25.1 Å². The summed E-state index contributed by atoms with van der Waals surface area (Å²) in [5.41, 5.74) is 1.63. The fourth-order valence-electron chi connectivity index (χ4n) is 4.00. The van der Waals surface area contributed by atoms with Crippen LogP contribution in [0, 0.1) is 6.92 Å². The van der Waals surface area contributed by atoms with Crippen molar-refractivity contribution in [3.8, 4) is 0 Å². The van der Waals surface area contributed by atoms with Gasteiger partial charge in [0.15, 0.2) is 24.0 Å². The van der Waals surface area contributed by atoms with Crippen LogP contribution in [-0.2, 0) is 33.3 Å². The molecule has 0 saturated carbocycles. The minimum Gasteiger partial charge on any atom is -0.345 e. The van der Waals surface area contributed by atoms with Crippen molar-refractivity contribution in [3.05, 3.63) is 29.8 Å². The van der Waals surface area contributed by atoms with Gasteiger partial charge in [0.1, 0.15) is 18.3 Å². The van der Waals surface area contributed by atoms with Gasteiger partial charge in [-0.1, -0.05) is 18.2 Å². The average molecular weight is 420 g/mol. The SMILES string of the molecule is Cc1ccccc1NC(=O)CNC(=O)[C@H]1O[C@@H]2OC(C)(C)O[C@@H]2[C@H]2OC(C)(C)O[C@H]21. The number of rotatable bonds is 4. The maximum atomic E-state index is 12.9. The Morgan fingerprint density at radius 1 is 0.933 bits per heavy atom. The van der Waals surface area contributed by atoms with Crippen LogP contribution < -0.4 is 10.6 Å². The number of benzene rings is 1. The number of anilines is 1. The molecule has 0 aromatic heterocycles. The second kappa shape index (κ2) is 7.58. The van der Waals surface area contributed by atoms with Crippen LogP contribution in [-0.4, -0.2) is 60.6 Å². The average Bonchev–Trinajstić information content (AvgIpc) is 3.14. The summed E-state index contributed by atoms with van der Waals surface area (Å²) >= 11 is 0. The minimum atomic E-state index is -0.998. The summed E-state index contributed by atoms with van der Waals surface area (Å²) in [5, 5.41) is 5.41. The van der Waals surface area contributed by atoms with Crippen molar-refractivity contribution in [2.75, 3.05) is 11.9 Å². The Balaban J connectivity index is 1.41. The van der Waals surface area contributed by atoms with Gasteiger partial charge in [0, 0.05) is 5.69 Å². The number of fused-ring (bicyclic) bond motifs is 3. The highest BCUT2D eigenvalue weighted by Crippen LogP contribution is 2.44. The van der Waals surface area contributed by atoms with Crippen molar-refractivity contribution in [2.24, 2.45) is 0 Å². The van der Waals surface area contributed by atoms with Crippen molar-refractivity contribution in [1.82, 2.24) is 5.32 Å². The highest BCUT2D eigenvalue weighted by molar-refractivity contribution is 5.95. The van der Waals surface area contributed by atoms with Crippen molar-refractivity contribution in [3.63, 3.8) is 0 Å². The summed E-state index contributed by atoms with van der Waals surface area (Å²) in [6.45, 7) is 8.78. The number of amides is 2. The van der Waals surface area contributed by atoms with E-state index in [-0.39, 0.29) is 12.5 Å². The van der Waals surface area contributed by atoms with E-state index >= 15 is 0 Å². The van der Waals surface area contributed by atoms with Crippen LogP contribution in [0.5, 0.6) is 0 Å². The second-order valence-electron chi connectivity index (χ2n) is 8.67. The lowest BCUT2D eigenvalue weighted by molar-refractivity contribution is -0.231. The van der Waals surface area contributed by atoms with E-state index in [0.29, 0.717) is 5.69 Å². The molecule has 3 aliphatic heterocycles. The standard InChI is InChI=1S/C21H28N2O7/c1-11-8-6-7-9-12(11)23-13(24)10-22-18(25)16-14-15(28-20(2,3)27-14)17-19(26-16)30-21(4,5)29-17/h6-9,14-17,19H,10H2,1-5H3,(H,22,25)(H,23,24)/t14-,15+,16+,17-,19-/m1/s1. The van der Waals surface area contributed by atoms with Gasteiger partial charge in [0.25, 0.3) is 5.91 Å². The van der Waals surface area contributed by atoms with Gasteiger partial charge in [0.05, 0.1) is 6.54 Å². The molecule has 3 heterocycles. The summed E-state index contributed by atoms with van der Waals surface area (Å²) in [6, 6.07) is 7.41. The maximum absolute atomic E-state index is 12.9. The summed E-state index contributed by atoms with van der Waals surface area (Å²) in [7, 11) is 0. The van der Waals surface area contributed by atoms with E-state index in [0.717, 1.165) is 5.56 Å². The fraction of sp³-hybridized carbons (Fsp3) is 0.619. The molecule has 9 heteroatoms. The molecule has 0 aliphatic carbocycles. The lowest BCUT2D eigenvalue weighted by Gasteiger charge is -2.36. The van der Waals surface area contributed by atoms with Gasteiger partial charge in [-0.3, -0.25) is 9.59 Å². The van der Waals surface area contributed by atoms with E-state index < -0.39 is 48.2 Å². The largest absolute Gasteiger partial charge is 0.345 e. The number of para-hydroxylation sites is 1. The molecule has 0 unspecified atom stereocenters. The Hall–Kier alpha value is -2.04. The van der Waals surface area contributed by atoms with Crippen molar-refractivity contribution in [2.45, 2.75) is 76.9 Å². The Kier molecular flexibility index (Phi) is 5.36. The Morgan fingerprint density at radius 2 is 1.57 bits per heavy atom. The van der Waals surface area contributed by atoms with E-state index in [9.17, 15) is 9.59 Å². The Morgan fingerprint density at radius 3 is 2.30 bits per heavy atom. The number of hydrogen-bond acceptors (Lipinski definition) is 7. The van der Waals surface area contributed by atoms with Gasteiger partial charge >= 0.3 is 0 Å². The second-order valence-corrected chi connectivity index (χ2v) is 8.67. The minimum absolute atomic E-state index is 0.203. The molecule has 1 aromatic rings. The van der Waals surface area contributed by atoms with Gasteiger partial charge < -0.3 is 34.3 Å². The Bertz CT molecular complexity index is 840. The summed E-state index contributed by atoms with van der Waals surface area (Å²) in [6.07, 6.45) is -3.49. The third-order valence-corrected chi connectivity index (χ3v) is 5.26. The first-order valence-electron chi connectivity index (χ1n) is 10.0. The fourth-order valence-corrected chi connectivity index (χ4v) is 4.00. The zero-order valence-electron chi connectivity index (χ0n) is 17.8. The highest BCUT2D eigenvalue weighted by atomic mass is 16.9. The summed E-state index contributed by atoms with van der Waals surface area (Å²) < 4.78 is 29.5. The number of nitrogens with one attached hydrogen (secondary N) is 2. The normalized spacial score (nSPS) is 33.4. The van der Waals surface area contributed by atoms with Gasteiger partial charge in [-0.25, -0.2) is 0 Å². The molecule has 5 atom stereocenters. The van der Waals surface area contributed by atoms with Gasteiger partial charge in [-0.15, -0.1) is 0 Å². The van der Waals surface area contributed by atoms with Crippen LogP contribution in [0.1, 0.15) is 33.3 Å². The molecule has 3 aliphatic rings. The quantitative estimate of drug-likeness (QED) is 0.760. The maximum Gasteiger partial charge on any atom is 0.252 e. The predicted molar refractivity (Wildman–Crippen MR) is 105 cm³/mol. The third-order valence-electron chi connectivity index (χ3n) is 5.26. The van der Waals surface area contributed by atoms with Crippen LogP contribution in [0.3, 0.4) is 0 Å². The molecule has 30 heavy (non-hydrogen) atoms. The molecule has 4 rings (SSSR count). The van der Waals surface area contributed by atoms with E-state index in [1.165, 1.54) is 0 Å². The molecule has 0 radical (unpaired) electrons. The molecule has 0 spiro atoms. The van der Waals surface area contributed by atoms with Crippen LogP contribution >= 0.6 is 0 Å². The zero-order chi connectivity index (χ0) is 21.7. The van der Waals surface area contributed by atoms with E-state index in [1.54, 1.807) is 33.8 Å². The van der Waals surface area contributed by atoms with Crippen molar-refractivity contribution < 1.29 is 33.3 Å². The lowest BCUT2D eigenvalue weighted by atomic mass is 9.98. The first kappa shape index (κ1) is 21.2. The molecule has 164 valence electrons. The number of carbonyl (C=O) groups excluding carboxylic acids is 2. The van der Waals surface area contributed by atoms with Crippen LogP contribution in [0.4, 0.5) is 5.69 Å². The third kappa shape index (κ3) is 4.21. The molecule has 9 nitrogen and oxygen atoms in total. The van der Waals surface area contributed by atoms with Crippen LogP contribution in [0.2, 0.25) is 0 Å². The number of ether oxygens (including phenoxy) is 5. The van der Waals surface area contributed by atoms with Crippen molar-refractivity contribution in [1.29, 1.82) is 0 Å². The molecule has 0 bridgehead atoms. The molecule has 3 saturated heterocycles. The zero-order valence-corrected chi connectivity index (χ0v) is 17.8. The van der Waals surface area contributed by atoms with Gasteiger partial charge in [-0.05, 0) is 46.2 Å².